The summed E-state index contributed by atoms with van der Waals surface area (Å²) in [6.07, 6.45) is 3.45. The Bertz CT molecular complexity index is 623. The third-order valence-electron chi connectivity index (χ3n) is 2.55. The van der Waals surface area contributed by atoms with Crippen molar-refractivity contribution in [1.29, 1.82) is 0 Å². The quantitative estimate of drug-likeness (QED) is 0.821. The summed E-state index contributed by atoms with van der Waals surface area (Å²) in [5.74, 6) is 0.572. The zero-order chi connectivity index (χ0) is 13.7. The van der Waals surface area contributed by atoms with Gasteiger partial charge in [0, 0.05) is 18.9 Å². The van der Waals surface area contributed by atoms with Gasteiger partial charge in [-0.2, -0.15) is 0 Å². The molecule has 102 valence electrons. The highest BCUT2D eigenvalue weighted by atomic mass is 32.2. The lowest BCUT2D eigenvalue weighted by molar-refractivity contribution is 0.400. The van der Waals surface area contributed by atoms with Crippen molar-refractivity contribution < 1.29 is 12.8 Å². The summed E-state index contributed by atoms with van der Waals surface area (Å²) in [4.78, 5) is 3.93. The Morgan fingerprint density at radius 3 is 2.58 bits per heavy atom. The summed E-state index contributed by atoms with van der Waals surface area (Å²) < 4.78 is 30.4. The van der Waals surface area contributed by atoms with Crippen LogP contribution in [0.25, 0.3) is 0 Å². The van der Waals surface area contributed by atoms with Crippen LogP contribution in [-0.2, 0) is 23.1 Å². The molecule has 19 heavy (non-hydrogen) atoms. The van der Waals surface area contributed by atoms with Gasteiger partial charge in [0.05, 0.1) is 6.54 Å². The monoisotopic (exact) mass is 281 g/mol. The molecule has 0 amide bonds. The fraction of sp³-hybridized carbons (Fsp3) is 0.250. The molecule has 0 aliphatic rings. The fourth-order valence-electron chi connectivity index (χ4n) is 1.53. The number of rotatable bonds is 6. The molecule has 0 bridgehead atoms. The van der Waals surface area contributed by atoms with Crippen LogP contribution in [0.5, 0.6) is 0 Å². The van der Waals surface area contributed by atoms with Crippen molar-refractivity contribution in [2.45, 2.75) is 18.2 Å². The number of sulfonamides is 1. The number of hydrogen-bond donors (Lipinski definition) is 2. The summed E-state index contributed by atoms with van der Waals surface area (Å²) in [6.45, 7) is 1.12. The van der Waals surface area contributed by atoms with Gasteiger partial charge in [0.15, 0.2) is 0 Å². The lowest BCUT2D eigenvalue weighted by Gasteiger charge is -2.02. The van der Waals surface area contributed by atoms with E-state index < -0.39 is 10.0 Å². The van der Waals surface area contributed by atoms with Gasteiger partial charge in [0.2, 0.25) is 5.09 Å². The van der Waals surface area contributed by atoms with Crippen LogP contribution < -0.4 is 10.0 Å². The van der Waals surface area contributed by atoms with E-state index in [1.807, 2.05) is 12.1 Å². The number of nitrogens with zero attached hydrogens (tertiary/aromatic N) is 1. The number of pyridine rings is 1. The van der Waals surface area contributed by atoms with E-state index in [0.29, 0.717) is 18.8 Å². The van der Waals surface area contributed by atoms with E-state index >= 15 is 0 Å². The number of aromatic nitrogens is 1. The maximum Gasteiger partial charge on any atom is 0.273 e. The molecule has 0 atom stereocenters. The van der Waals surface area contributed by atoms with Gasteiger partial charge in [0.1, 0.15) is 5.76 Å². The SMILES string of the molecule is CNS(=O)(=O)c1ccc(CNCc2ccncc2)o1. The van der Waals surface area contributed by atoms with Crippen molar-refractivity contribution in [2.75, 3.05) is 7.05 Å². The van der Waals surface area contributed by atoms with Crippen LogP contribution >= 0.6 is 0 Å². The molecule has 0 aromatic carbocycles. The van der Waals surface area contributed by atoms with E-state index in [0.717, 1.165) is 5.56 Å². The number of furan rings is 1. The standard InChI is InChI=1S/C12H15N3O3S/c1-13-19(16,17)12-3-2-11(18-12)9-15-8-10-4-6-14-7-5-10/h2-7,13,15H,8-9H2,1H3. The first-order valence-corrected chi connectivity index (χ1v) is 7.22. The van der Waals surface area contributed by atoms with E-state index in [-0.39, 0.29) is 5.09 Å². The van der Waals surface area contributed by atoms with Crippen LogP contribution in [0.3, 0.4) is 0 Å². The van der Waals surface area contributed by atoms with E-state index in [4.69, 9.17) is 4.42 Å². The molecule has 0 aliphatic heterocycles. The van der Waals surface area contributed by atoms with Crippen LogP contribution in [0, 0.1) is 0 Å². The molecular weight excluding hydrogens is 266 g/mol. The highest BCUT2D eigenvalue weighted by Crippen LogP contribution is 2.13. The molecule has 0 radical (unpaired) electrons. The van der Waals surface area contributed by atoms with E-state index in [1.54, 1.807) is 18.5 Å². The summed E-state index contributed by atoms with van der Waals surface area (Å²) in [6, 6.07) is 6.90. The van der Waals surface area contributed by atoms with Crippen molar-refractivity contribution in [2.24, 2.45) is 0 Å². The Balaban J connectivity index is 1.91. The first-order chi connectivity index (χ1) is 9.12. The molecular formula is C12H15N3O3S. The van der Waals surface area contributed by atoms with E-state index in [1.165, 1.54) is 13.1 Å². The maximum atomic E-state index is 11.5. The van der Waals surface area contributed by atoms with Gasteiger partial charge in [-0.1, -0.05) is 0 Å². The molecule has 0 unspecified atom stereocenters. The van der Waals surface area contributed by atoms with Crippen molar-refractivity contribution in [3.05, 3.63) is 48.0 Å². The smallest absolute Gasteiger partial charge is 0.273 e. The van der Waals surface area contributed by atoms with Gasteiger partial charge in [-0.15, -0.1) is 0 Å². The summed E-state index contributed by atoms with van der Waals surface area (Å²) >= 11 is 0. The number of hydrogen-bond acceptors (Lipinski definition) is 5. The number of nitrogens with one attached hydrogen (secondary N) is 2. The van der Waals surface area contributed by atoms with Crippen LogP contribution in [0.1, 0.15) is 11.3 Å². The minimum atomic E-state index is -3.51. The van der Waals surface area contributed by atoms with Crippen molar-refractivity contribution in [1.82, 2.24) is 15.0 Å². The molecule has 2 rings (SSSR count). The molecule has 0 fully saturated rings. The zero-order valence-corrected chi connectivity index (χ0v) is 11.3. The van der Waals surface area contributed by atoms with Gasteiger partial charge in [-0.3, -0.25) is 4.98 Å². The van der Waals surface area contributed by atoms with Gasteiger partial charge in [-0.25, -0.2) is 13.1 Å². The normalized spacial score (nSPS) is 11.6. The van der Waals surface area contributed by atoms with Crippen molar-refractivity contribution in [3.63, 3.8) is 0 Å². The van der Waals surface area contributed by atoms with Gasteiger partial charge in [-0.05, 0) is 36.9 Å². The Hall–Kier alpha value is -1.70. The third kappa shape index (κ3) is 3.63. The summed E-state index contributed by atoms with van der Waals surface area (Å²) in [5.41, 5.74) is 1.10. The molecule has 2 N–H and O–H groups in total. The van der Waals surface area contributed by atoms with Crippen LogP contribution in [0.4, 0.5) is 0 Å². The molecule has 2 aromatic heterocycles. The summed E-state index contributed by atoms with van der Waals surface area (Å²) in [7, 11) is -2.16. The van der Waals surface area contributed by atoms with Gasteiger partial charge < -0.3 is 9.73 Å². The zero-order valence-electron chi connectivity index (χ0n) is 10.5. The highest BCUT2D eigenvalue weighted by molar-refractivity contribution is 7.89. The van der Waals surface area contributed by atoms with Gasteiger partial charge in [0.25, 0.3) is 10.0 Å². The minimum absolute atomic E-state index is 0.0734. The van der Waals surface area contributed by atoms with Gasteiger partial charge >= 0.3 is 0 Å². The first kappa shape index (κ1) is 13.7. The third-order valence-corrected chi connectivity index (χ3v) is 3.83. The maximum absolute atomic E-state index is 11.5. The van der Waals surface area contributed by atoms with Crippen LogP contribution in [0.2, 0.25) is 0 Å². The molecule has 0 saturated carbocycles. The predicted octanol–water partition coefficient (Wildman–Crippen LogP) is 0.872. The predicted molar refractivity (Wildman–Crippen MR) is 69.7 cm³/mol. The minimum Gasteiger partial charge on any atom is -0.447 e. The van der Waals surface area contributed by atoms with Crippen molar-refractivity contribution >= 4 is 10.0 Å². The molecule has 0 saturated heterocycles. The Morgan fingerprint density at radius 1 is 1.16 bits per heavy atom. The molecule has 2 aromatic rings. The van der Waals surface area contributed by atoms with Crippen molar-refractivity contribution in [3.8, 4) is 0 Å². The molecule has 0 aliphatic carbocycles. The second-order valence-corrected chi connectivity index (χ2v) is 5.70. The van der Waals surface area contributed by atoms with Crippen LogP contribution in [-0.4, -0.2) is 20.4 Å². The van der Waals surface area contributed by atoms with E-state index in [2.05, 4.69) is 15.0 Å². The average Bonchev–Trinajstić information content (AvgIpc) is 2.90. The molecule has 6 nitrogen and oxygen atoms in total. The second-order valence-electron chi connectivity index (χ2n) is 3.89. The van der Waals surface area contributed by atoms with E-state index in [9.17, 15) is 8.42 Å². The van der Waals surface area contributed by atoms with Crippen LogP contribution in [0.15, 0.2) is 46.2 Å². The average molecular weight is 281 g/mol. The molecule has 7 heteroatoms. The second kappa shape index (κ2) is 5.96. The summed E-state index contributed by atoms with van der Waals surface area (Å²) in [5, 5.41) is 3.09. The molecule has 0 spiro atoms. The fourth-order valence-corrected chi connectivity index (χ4v) is 2.19. The Morgan fingerprint density at radius 2 is 1.89 bits per heavy atom. The Labute approximate surface area is 111 Å². The lowest BCUT2D eigenvalue weighted by atomic mass is 10.3. The lowest BCUT2D eigenvalue weighted by Crippen LogP contribution is -2.17. The first-order valence-electron chi connectivity index (χ1n) is 5.74. The topological polar surface area (TPSA) is 84.2 Å². The Kier molecular flexibility index (Phi) is 4.31. The highest BCUT2D eigenvalue weighted by Gasteiger charge is 2.15. The largest absolute Gasteiger partial charge is 0.447 e. The molecule has 2 heterocycles.